The monoisotopic (exact) mass is 990 g/mol. The largest absolute Gasteiger partial charge is 0.460 e. The fourth-order valence-corrected chi connectivity index (χ4v) is 11.3. The summed E-state index contributed by atoms with van der Waals surface area (Å²) in [7, 11) is 1.84. The number of amides is 1. The quantitative estimate of drug-likeness (QED) is 0.0978. The van der Waals surface area contributed by atoms with Crippen LogP contribution in [0.1, 0.15) is 131 Å². The van der Waals surface area contributed by atoms with E-state index in [1.54, 1.807) is 54.4 Å². The average molecular weight is 990 g/mol. The minimum atomic E-state index is -2.74. The number of hydrogen-bond donors (Lipinski definition) is 2. The first-order chi connectivity index (χ1) is 32.5. The van der Waals surface area contributed by atoms with Gasteiger partial charge in [0.2, 0.25) is 5.79 Å². The number of Topliss-reactive ketones (excluding diaryl/α,β-unsaturated/α-hetero) is 3. The number of rotatable bonds is 9. The van der Waals surface area contributed by atoms with Crippen molar-refractivity contribution >= 4 is 36.6 Å². The Labute approximate surface area is 411 Å². The molecule has 390 valence electrons. The number of carbonyl (C=O) groups is 5. The Kier molecular flexibility index (Phi) is 22.9. The zero-order valence-electron chi connectivity index (χ0n) is 43.3. The van der Waals surface area contributed by atoms with Gasteiger partial charge in [0.1, 0.15) is 30.1 Å². The predicted octanol–water partition coefficient (Wildman–Crippen LogP) is 7.89. The molecule has 0 aromatic carbocycles. The van der Waals surface area contributed by atoms with E-state index >= 15 is 0 Å². The third-order valence-electron chi connectivity index (χ3n) is 14.7. The van der Waals surface area contributed by atoms with E-state index in [4.69, 9.17) is 28.2 Å². The normalized spacial score (nSPS) is 38.5. The Balaban J connectivity index is 1.65. The smallest absolute Gasteiger partial charge is 0.329 e. The highest BCUT2D eigenvalue weighted by molar-refractivity contribution is 7.57. The van der Waals surface area contributed by atoms with Crippen LogP contribution in [0.2, 0.25) is 0 Å². The maximum absolute atomic E-state index is 14.3. The SMILES string of the molecule is CO[C@H]1C[C@@H]2CC[C@@H](C)[C@@](O)(O2)C(=O)C(=O)N2CCCC[C@H]2C(=O)O[C@@H](CCC[C@H]2CC[C@@H](OP(C)(C)=O)[C@H](OC)C2)CC(=O)[C@H](C)/C=C(\C)[C@@H](O)[C@@H](OC)C(=O)[C@H](C)C[C@H](C)/C=C/C=C/C=C\1C. The fourth-order valence-electron chi connectivity index (χ4n) is 10.4. The summed E-state index contributed by atoms with van der Waals surface area (Å²) < 4.78 is 47.9. The molecule has 1 saturated carbocycles. The van der Waals surface area contributed by atoms with Gasteiger partial charge in [-0.15, -0.1) is 0 Å². The zero-order chi connectivity index (χ0) is 51.2. The molecular weight excluding hydrogens is 906 g/mol. The van der Waals surface area contributed by atoms with Gasteiger partial charge >= 0.3 is 5.97 Å². The van der Waals surface area contributed by atoms with E-state index in [1.165, 1.54) is 12.0 Å². The van der Waals surface area contributed by atoms with Gasteiger partial charge in [-0.05, 0) is 107 Å². The maximum Gasteiger partial charge on any atom is 0.329 e. The van der Waals surface area contributed by atoms with Crippen molar-refractivity contribution in [2.24, 2.45) is 29.6 Å². The number of methoxy groups -OCH3 is 3. The van der Waals surface area contributed by atoms with Crippen LogP contribution in [0.15, 0.2) is 47.6 Å². The molecule has 0 unspecified atom stereocenters. The molecule has 2 bridgehead atoms. The van der Waals surface area contributed by atoms with Gasteiger partial charge in [0.25, 0.3) is 11.7 Å². The highest BCUT2D eigenvalue weighted by atomic mass is 31.2. The van der Waals surface area contributed by atoms with Crippen LogP contribution in [0.5, 0.6) is 0 Å². The van der Waals surface area contributed by atoms with Gasteiger partial charge in [0.15, 0.2) is 13.2 Å². The van der Waals surface area contributed by atoms with Gasteiger partial charge in [-0.25, -0.2) is 4.79 Å². The Morgan fingerprint density at radius 1 is 0.826 bits per heavy atom. The lowest BCUT2D eigenvalue weighted by molar-refractivity contribution is -0.265. The number of fused-ring (bicyclic) bond motifs is 3. The van der Waals surface area contributed by atoms with Gasteiger partial charge in [-0.1, -0.05) is 70.6 Å². The first kappa shape index (κ1) is 58.4. The van der Waals surface area contributed by atoms with Crippen molar-refractivity contribution in [2.45, 2.75) is 186 Å². The van der Waals surface area contributed by atoms with E-state index in [-0.39, 0.29) is 55.0 Å². The van der Waals surface area contributed by atoms with Crippen molar-refractivity contribution in [1.82, 2.24) is 4.90 Å². The molecular formula is C53H84NO14P. The van der Waals surface area contributed by atoms with E-state index in [2.05, 4.69) is 0 Å². The summed E-state index contributed by atoms with van der Waals surface area (Å²) in [5, 5.41) is 23.4. The van der Waals surface area contributed by atoms with Crippen LogP contribution in [0, 0.1) is 29.6 Å². The topological polar surface area (TPSA) is 201 Å². The van der Waals surface area contributed by atoms with Crippen LogP contribution in [0.3, 0.4) is 0 Å². The van der Waals surface area contributed by atoms with Crippen molar-refractivity contribution in [1.29, 1.82) is 0 Å². The highest BCUT2D eigenvalue weighted by Gasteiger charge is 2.53. The first-order valence-corrected chi connectivity index (χ1v) is 27.8. The van der Waals surface area contributed by atoms with Crippen LogP contribution in [0.25, 0.3) is 0 Å². The summed E-state index contributed by atoms with van der Waals surface area (Å²) in [5.41, 5.74) is 1.27. The molecule has 4 aliphatic rings. The Bertz CT molecular complexity index is 1920. The molecule has 2 saturated heterocycles. The van der Waals surface area contributed by atoms with Gasteiger partial charge in [-0.3, -0.25) is 23.7 Å². The van der Waals surface area contributed by atoms with Crippen molar-refractivity contribution in [2.75, 3.05) is 41.2 Å². The molecule has 0 aromatic rings. The Hall–Kier alpha value is -3.14. The molecule has 14 atom stereocenters. The van der Waals surface area contributed by atoms with E-state index in [0.717, 1.165) is 18.4 Å². The van der Waals surface area contributed by atoms with Crippen molar-refractivity contribution in [3.8, 4) is 0 Å². The van der Waals surface area contributed by atoms with Crippen molar-refractivity contribution < 1.29 is 67.0 Å². The number of carbonyl (C=O) groups excluding carboxylic acids is 5. The second-order valence-electron chi connectivity index (χ2n) is 20.7. The van der Waals surface area contributed by atoms with Crippen LogP contribution in [0.4, 0.5) is 0 Å². The third kappa shape index (κ3) is 16.7. The van der Waals surface area contributed by atoms with Gasteiger partial charge in [0, 0.05) is 71.8 Å². The number of nitrogens with zero attached hydrogens (tertiary/aromatic N) is 1. The summed E-state index contributed by atoms with van der Waals surface area (Å²) in [5.74, 6) is -7.49. The number of ether oxygens (including phenoxy) is 5. The lowest BCUT2D eigenvalue weighted by atomic mass is 9.82. The van der Waals surface area contributed by atoms with E-state index in [0.29, 0.717) is 69.8 Å². The number of allylic oxidation sites excluding steroid dienone is 6. The molecule has 0 radical (unpaired) electrons. The van der Waals surface area contributed by atoms with Crippen LogP contribution in [-0.2, 0) is 56.7 Å². The van der Waals surface area contributed by atoms with Gasteiger partial charge in [0.05, 0.1) is 24.4 Å². The first-order valence-electron chi connectivity index (χ1n) is 25.3. The third-order valence-corrected chi connectivity index (χ3v) is 15.5. The molecule has 0 aromatic heterocycles. The van der Waals surface area contributed by atoms with E-state index in [9.17, 15) is 38.8 Å². The maximum atomic E-state index is 14.3. The zero-order valence-corrected chi connectivity index (χ0v) is 44.2. The minimum absolute atomic E-state index is 0.0163. The number of esters is 1. The molecule has 2 N–H and O–H groups in total. The lowest BCUT2D eigenvalue weighted by Crippen LogP contribution is -2.60. The standard InChI is InChI=1S/C53H84NO14P/c1-33-18-13-12-14-19-34(2)45(63-7)32-41-25-23-38(6)53(61,67-41)50(58)51(59)54-27-16-15-22-42(54)52(60)66-40(21-17-20-39-24-26-44(46(30-39)64-8)68-69(10,11)62)31-43(55)35(3)29-37(5)48(57)49(65-9)47(56)36(4)28-33/h12-14,18-19,29,33,35-36,38-42,44-46,48-49,57,61H,15-17,20-28,30-32H2,1-11H3/b14-12+,18-13+,34-19-,37-29+/t33-,35-,36-,38-,39+,40+,41+,42+,44-,45+,46-,48-,49+,53-/m1/s1. The van der Waals surface area contributed by atoms with Crippen LogP contribution < -0.4 is 0 Å². The molecule has 3 aliphatic heterocycles. The molecule has 3 heterocycles. The predicted molar refractivity (Wildman–Crippen MR) is 264 cm³/mol. The van der Waals surface area contributed by atoms with Gasteiger partial charge in [-0.2, -0.15) is 0 Å². The summed E-state index contributed by atoms with van der Waals surface area (Å²) >= 11 is 0. The van der Waals surface area contributed by atoms with Crippen LogP contribution >= 0.6 is 7.37 Å². The number of aliphatic hydroxyl groups excluding tert-OH is 1. The number of ketones is 3. The summed E-state index contributed by atoms with van der Waals surface area (Å²) in [6.07, 6.45) is 13.1. The molecule has 69 heavy (non-hydrogen) atoms. The molecule has 1 aliphatic carbocycles. The van der Waals surface area contributed by atoms with Crippen LogP contribution in [-0.4, -0.2) is 140 Å². The lowest BCUT2D eigenvalue weighted by Gasteiger charge is -2.42. The highest BCUT2D eigenvalue weighted by Crippen LogP contribution is 2.44. The minimum Gasteiger partial charge on any atom is -0.460 e. The summed E-state index contributed by atoms with van der Waals surface area (Å²) in [6.45, 7) is 14.0. The Morgan fingerprint density at radius 2 is 1.55 bits per heavy atom. The number of cyclic esters (lactones) is 1. The molecule has 15 nitrogen and oxygen atoms in total. The molecule has 1 amide bonds. The van der Waals surface area contributed by atoms with Gasteiger partial charge < -0.3 is 43.3 Å². The van der Waals surface area contributed by atoms with E-state index < -0.39 is 85.1 Å². The van der Waals surface area contributed by atoms with Crippen molar-refractivity contribution in [3.63, 3.8) is 0 Å². The second kappa shape index (κ2) is 27.1. The Morgan fingerprint density at radius 3 is 2.22 bits per heavy atom. The summed E-state index contributed by atoms with van der Waals surface area (Å²) in [4.78, 5) is 71.7. The molecule has 4 rings (SSSR count). The molecule has 16 heteroatoms. The average Bonchev–Trinajstić information content (AvgIpc) is 3.30. The van der Waals surface area contributed by atoms with E-state index in [1.807, 2.05) is 51.2 Å². The molecule has 3 fully saturated rings. The van der Waals surface area contributed by atoms with Crippen molar-refractivity contribution in [3.05, 3.63) is 47.6 Å². The summed E-state index contributed by atoms with van der Waals surface area (Å²) in [6, 6.07) is -1.13. The fraction of sp³-hybridized carbons (Fsp3) is 0.755. The molecule has 0 spiro atoms. The number of hydrogen-bond acceptors (Lipinski definition) is 14. The second-order valence-corrected chi connectivity index (χ2v) is 23.4. The number of aliphatic hydroxyl groups is 2. The number of piperidine rings is 1.